The van der Waals surface area contributed by atoms with E-state index in [2.05, 4.69) is 4.74 Å². The van der Waals surface area contributed by atoms with Gasteiger partial charge in [-0.1, -0.05) is 0 Å². The summed E-state index contributed by atoms with van der Waals surface area (Å²) in [5.74, 6) is -0.910. The molecule has 6 heteroatoms. The van der Waals surface area contributed by atoms with Gasteiger partial charge in [0.1, 0.15) is 0 Å². The molecule has 2 rings (SSSR count). The molecule has 0 N–H and O–H groups in total. The molecule has 1 fully saturated rings. The number of rotatable bonds is 2. The number of nitro groups is 1. The van der Waals surface area contributed by atoms with Crippen LogP contribution in [0.2, 0.25) is 0 Å². The van der Waals surface area contributed by atoms with Gasteiger partial charge in [0.05, 0.1) is 35.3 Å². The summed E-state index contributed by atoms with van der Waals surface area (Å²) in [4.78, 5) is 10.9. The standard InChI is InChI=1S/C10H11FN2O3/c11-9-7-8(13(14)15)1-2-10(9)12-3-5-16-6-4-12/h1-2,7H,3-6H2/i5D2,6D2. The van der Waals surface area contributed by atoms with Crippen molar-refractivity contribution in [3.8, 4) is 0 Å². The summed E-state index contributed by atoms with van der Waals surface area (Å²) in [7, 11) is 0. The first-order valence-electron chi connectivity index (χ1n) is 6.49. The van der Waals surface area contributed by atoms with Gasteiger partial charge in [0.15, 0.2) is 5.82 Å². The Kier molecular flexibility index (Phi) is 1.89. The Balaban J connectivity index is 2.34. The third kappa shape index (κ3) is 2.11. The molecule has 0 spiro atoms. The van der Waals surface area contributed by atoms with Gasteiger partial charge in [-0.15, -0.1) is 0 Å². The van der Waals surface area contributed by atoms with Crippen molar-refractivity contribution in [2.45, 2.75) is 0 Å². The molecule has 0 unspecified atom stereocenters. The molecule has 5 nitrogen and oxygen atoms in total. The number of anilines is 1. The minimum Gasteiger partial charge on any atom is -0.378 e. The first-order chi connectivity index (χ1) is 9.10. The lowest BCUT2D eigenvalue weighted by Crippen LogP contribution is -2.36. The van der Waals surface area contributed by atoms with E-state index in [9.17, 15) is 14.5 Å². The second-order valence-electron chi connectivity index (χ2n) is 3.14. The molecule has 1 heterocycles. The Morgan fingerprint density at radius 3 is 2.75 bits per heavy atom. The highest BCUT2D eigenvalue weighted by atomic mass is 19.1. The summed E-state index contributed by atoms with van der Waals surface area (Å²) in [6, 6.07) is 2.93. The van der Waals surface area contributed by atoms with E-state index in [0.717, 1.165) is 23.1 Å². The Morgan fingerprint density at radius 1 is 1.50 bits per heavy atom. The van der Waals surface area contributed by atoms with Gasteiger partial charge in [0.2, 0.25) is 0 Å². The van der Waals surface area contributed by atoms with E-state index < -0.39 is 29.5 Å². The highest BCUT2D eigenvalue weighted by Crippen LogP contribution is 2.24. The number of nitro benzene ring substituents is 1. The zero-order chi connectivity index (χ0) is 15.1. The molecule has 1 aromatic carbocycles. The molecule has 0 aromatic heterocycles. The van der Waals surface area contributed by atoms with Crippen molar-refractivity contribution in [1.82, 2.24) is 0 Å². The number of morpholine rings is 1. The average Bonchev–Trinajstić information content (AvgIpc) is 2.24. The molecule has 86 valence electrons. The number of nitrogens with zero attached hydrogens (tertiary/aromatic N) is 2. The minimum atomic E-state index is -2.28. The van der Waals surface area contributed by atoms with E-state index in [0.29, 0.717) is 0 Å². The fraction of sp³-hybridized carbons (Fsp3) is 0.400. The minimum absolute atomic E-state index is 0.105. The summed E-state index contributed by atoms with van der Waals surface area (Å²) >= 11 is 0. The molecule has 0 bridgehead atoms. The van der Waals surface area contributed by atoms with Crippen LogP contribution in [0.5, 0.6) is 0 Å². The van der Waals surface area contributed by atoms with Crippen molar-refractivity contribution in [2.24, 2.45) is 0 Å². The molecule has 0 radical (unpaired) electrons. The van der Waals surface area contributed by atoms with Crippen LogP contribution in [0.25, 0.3) is 0 Å². The van der Waals surface area contributed by atoms with Gasteiger partial charge in [-0.3, -0.25) is 10.1 Å². The van der Waals surface area contributed by atoms with E-state index in [-0.39, 0.29) is 18.8 Å². The van der Waals surface area contributed by atoms with Gasteiger partial charge in [0.25, 0.3) is 5.69 Å². The topological polar surface area (TPSA) is 55.6 Å². The van der Waals surface area contributed by atoms with Gasteiger partial charge in [-0.25, -0.2) is 4.39 Å². The van der Waals surface area contributed by atoms with Crippen LogP contribution in [-0.2, 0) is 4.74 Å². The lowest BCUT2D eigenvalue weighted by atomic mass is 10.2. The lowest BCUT2D eigenvalue weighted by Gasteiger charge is -2.28. The van der Waals surface area contributed by atoms with E-state index in [1.54, 1.807) is 0 Å². The molecule has 16 heavy (non-hydrogen) atoms. The predicted molar refractivity (Wildman–Crippen MR) is 56.1 cm³/mol. The number of ether oxygens (including phenoxy) is 1. The van der Waals surface area contributed by atoms with Crippen molar-refractivity contribution in [3.63, 3.8) is 0 Å². The fourth-order valence-corrected chi connectivity index (χ4v) is 1.36. The number of hydrogen-bond acceptors (Lipinski definition) is 4. The molecule has 1 aliphatic heterocycles. The van der Waals surface area contributed by atoms with Crippen molar-refractivity contribution >= 4 is 11.4 Å². The maximum absolute atomic E-state index is 13.9. The maximum atomic E-state index is 13.9. The largest absolute Gasteiger partial charge is 0.378 e. The van der Waals surface area contributed by atoms with Crippen LogP contribution >= 0.6 is 0 Å². The zero-order valence-corrected chi connectivity index (χ0v) is 8.14. The van der Waals surface area contributed by atoms with Gasteiger partial charge in [-0.05, 0) is 6.07 Å². The van der Waals surface area contributed by atoms with E-state index >= 15 is 0 Å². The van der Waals surface area contributed by atoms with Crippen LogP contribution in [0.1, 0.15) is 5.48 Å². The first-order valence-corrected chi connectivity index (χ1v) is 4.49. The molecular formula is C10H11FN2O3. The molecule has 1 saturated heterocycles. The average molecular weight is 230 g/mol. The Bertz CT molecular complexity index is 539. The molecule has 0 aliphatic carbocycles. The third-order valence-corrected chi connectivity index (χ3v) is 2.14. The Labute approximate surface area is 97.2 Å². The predicted octanol–water partition coefficient (Wildman–Crippen LogP) is 1.57. The summed E-state index contributed by atoms with van der Waals surface area (Å²) in [6.45, 7) is -5.31. The quantitative estimate of drug-likeness (QED) is 0.571. The smallest absolute Gasteiger partial charge is 0.272 e. The molecule has 0 amide bonds. The van der Waals surface area contributed by atoms with Gasteiger partial charge in [-0.2, -0.15) is 0 Å². The Morgan fingerprint density at radius 2 is 2.19 bits per heavy atom. The summed E-state index contributed by atoms with van der Waals surface area (Å²) in [5, 5.41) is 10.5. The SMILES string of the molecule is [2H]C1([2H])CN(c2ccc([N+](=O)[O-])cc2F)CC([2H])([2H])O1. The molecule has 1 aliphatic rings. The summed E-state index contributed by atoms with van der Waals surface area (Å²) in [5.41, 5.74) is -0.530. The monoisotopic (exact) mass is 230 g/mol. The highest BCUT2D eigenvalue weighted by Gasteiger charge is 2.17. The number of hydrogen-bond donors (Lipinski definition) is 0. The molecule has 1 aromatic rings. The van der Waals surface area contributed by atoms with E-state index in [4.69, 9.17) is 5.48 Å². The van der Waals surface area contributed by atoms with E-state index in [1.165, 1.54) is 0 Å². The summed E-state index contributed by atoms with van der Waals surface area (Å²) < 4.78 is 48.4. The normalized spacial score (nSPS) is 26.2. The van der Waals surface area contributed by atoms with Crippen molar-refractivity contribution < 1.29 is 19.5 Å². The lowest BCUT2D eigenvalue weighted by molar-refractivity contribution is -0.385. The van der Waals surface area contributed by atoms with Crippen LogP contribution < -0.4 is 4.90 Å². The van der Waals surface area contributed by atoms with E-state index in [1.807, 2.05) is 0 Å². The van der Waals surface area contributed by atoms with Gasteiger partial charge in [0, 0.05) is 19.2 Å². The van der Waals surface area contributed by atoms with Crippen LogP contribution in [-0.4, -0.2) is 31.1 Å². The third-order valence-electron chi connectivity index (χ3n) is 2.14. The highest BCUT2D eigenvalue weighted by molar-refractivity contribution is 5.52. The molecule has 0 atom stereocenters. The molecular weight excluding hydrogens is 215 g/mol. The summed E-state index contributed by atoms with van der Waals surface area (Å²) in [6.07, 6.45) is 0. The number of non-ortho nitro benzene ring substituents is 1. The van der Waals surface area contributed by atoms with Crippen molar-refractivity contribution in [2.75, 3.05) is 31.1 Å². The van der Waals surface area contributed by atoms with Gasteiger partial charge >= 0.3 is 0 Å². The molecule has 0 saturated carbocycles. The fourth-order valence-electron chi connectivity index (χ4n) is 1.36. The maximum Gasteiger partial charge on any atom is 0.272 e. The van der Waals surface area contributed by atoms with Crippen molar-refractivity contribution in [1.29, 1.82) is 0 Å². The first kappa shape index (κ1) is 6.80. The number of benzene rings is 1. The van der Waals surface area contributed by atoms with Crippen LogP contribution in [0.15, 0.2) is 18.2 Å². The Hall–Kier alpha value is -1.69. The van der Waals surface area contributed by atoms with Crippen LogP contribution in [0.4, 0.5) is 15.8 Å². The van der Waals surface area contributed by atoms with Crippen LogP contribution in [0.3, 0.4) is 0 Å². The zero-order valence-electron chi connectivity index (χ0n) is 12.1. The van der Waals surface area contributed by atoms with Crippen molar-refractivity contribution in [3.05, 3.63) is 34.1 Å². The second-order valence-corrected chi connectivity index (χ2v) is 3.14. The number of halogens is 1. The van der Waals surface area contributed by atoms with Gasteiger partial charge < -0.3 is 9.64 Å². The van der Waals surface area contributed by atoms with Crippen LogP contribution in [0, 0.1) is 15.9 Å². The second kappa shape index (κ2) is 4.44.